The van der Waals surface area contributed by atoms with E-state index in [0.717, 1.165) is 5.56 Å². The van der Waals surface area contributed by atoms with Crippen LogP contribution >= 0.6 is 0 Å². The minimum Gasteiger partial charge on any atom is -0.481 e. The molecule has 1 amide bonds. The second-order valence-corrected chi connectivity index (χ2v) is 4.69. The standard InChI is InChI=1S/C13H17NO5/c1-8-5-9(2)19-12(8)13(17)14-3-4-18-7-10(14)6-11(15)16/h5,10H,3-4,6-7H2,1-2H3,(H,15,16). The lowest BCUT2D eigenvalue weighted by molar-refractivity contribution is -0.139. The maximum Gasteiger partial charge on any atom is 0.305 e. The molecular weight excluding hydrogens is 250 g/mol. The monoisotopic (exact) mass is 267 g/mol. The molecule has 2 heterocycles. The number of carboxylic acids is 1. The molecule has 19 heavy (non-hydrogen) atoms. The van der Waals surface area contributed by atoms with E-state index >= 15 is 0 Å². The van der Waals surface area contributed by atoms with Gasteiger partial charge in [-0.05, 0) is 19.9 Å². The van der Waals surface area contributed by atoms with Crippen molar-refractivity contribution in [3.8, 4) is 0 Å². The summed E-state index contributed by atoms with van der Waals surface area (Å²) < 4.78 is 10.7. The molecule has 1 atom stereocenters. The van der Waals surface area contributed by atoms with Gasteiger partial charge in [0.15, 0.2) is 5.76 Å². The first-order chi connectivity index (χ1) is 8.99. The maximum atomic E-state index is 12.4. The van der Waals surface area contributed by atoms with Crippen molar-refractivity contribution < 1.29 is 23.8 Å². The van der Waals surface area contributed by atoms with Gasteiger partial charge in [0.25, 0.3) is 5.91 Å². The van der Waals surface area contributed by atoms with E-state index in [4.69, 9.17) is 14.3 Å². The van der Waals surface area contributed by atoms with Crippen LogP contribution in [0.15, 0.2) is 10.5 Å². The number of hydrogen-bond donors (Lipinski definition) is 1. The van der Waals surface area contributed by atoms with Crippen molar-refractivity contribution in [1.29, 1.82) is 0 Å². The second kappa shape index (κ2) is 5.44. The van der Waals surface area contributed by atoms with Crippen molar-refractivity contribution in [2.75, 3.05) is 19.8 Å². The topological polar surface area (TPSA) is 80.0 Å². The molecule has 1 aliphatic heterocycles. The summed E-state index contributed by atoms with van der Waals surface area (Å²) in [6.45, 7) is 4.63. The summed E-state index contributed by atoms with van der Waals surface area (Å²) in [6, 6.07) is 1.35. The number of carboxylic acid groups (broad SMARTS) is 1. The summed E-state index contributed by atoms with van der Waals surface area (Å²) in [5.74, 6) is -0.250. The quantitative estimate of drug-likeness (QED) is 0.890. The number of amides is 1. The van der Waals surface area contributed by atoms with E-state index in [9.17, 15) is 9.59 Å². The minimum absolute atomic E-state index is 0.121. The van der Waals surface area contributed by atoms with Crippen LogP contribution in [0.2, 0.25) is 0 Å². The smallest absolute Gasteiger partial charge is 0.305 e. The van der Waals surface area contributed by atoms with Crippen molar-refractivity contribution in [2.24, 2.45) is 0 Å². The lowest BCUT2D eigenvalue weighted by Gasteiger charge is -2.34. The zero-order chi connectivity index (χ0) is 14.0. The molecule has 1 fully saturated rings. The maximum absolute atomic E-state index is 12.4. The highest BCUT2D eigenvalue weighted by molar-refractivity contribution is 5.93. The van der Waals surface area contributed by atoms with Crippen molar-refractivity contribution in [2.45, 2.75) is 26.3 Å². The van der Waals surface area contributed by atoms with Crippen molar-refractivity contribution in [3.05, 3.63) is 23.2 Å². The number of carbonyl (C=O) groups excluding carboxylic acids is 1. The number of aryl methyl sites for hydroxylation is 2. The molecule has 1 unspecified atom stereocenters. The van der Waals surface area contributed by atoms with Crippen molar-refractivity contribution in [1.82, 2.24) is 4.90 Å². The Bertz CT molecular complexity index is 493. The first-order valence-corrected chi connectivity index (χ1v) is 6.16. The molecule has 1 aliphatic rings. The molecule has 1 N–H and O–H groups in total. The van der Waals surface area contributed by atoms with Gasteiger partial charge in [0, 0.05) is 12.1 Å². The molecule has 0 aliphatic carbocycles. The lowest BCUT2D eigenvalue weighted by Crippen LogP contribution is -2.49. The molecule has 104 valence electrons. The van der Waals surface area contributed by atoms with E-state index in [-0.39, 0.29) is 24.7 Å². The summed E-state index contributed by atoms with van der Waals surface area (Å²) in [6.07, 6.45) is -0.121. The van der Waals surface area contributed by atoms with E-state index in [2.05, 4.69) is 0 Å². The number of carbonyl (C=O) groups is 2. The highest BCUT2D eigenvalue weighted by atomic mass is 16.5. The average molecular weight is 267 g/mol. The lowest BCUT2D eigenvalue weighted by atomic mass is 10.1. The highest BCUT2D eigenvalue weighted by Crippen LogP contribution is 2.20. The van der Waals surface area contributed by atoms with Crippen molar-refractivity contribution >= 4 is 11.9 Å². The average Bonchev–Trinajstić information content (AvgIpc) is 2.67. The molecule has 0 bridgehead atoms. The van der Waals surface area contributed by atoms with Gasteiger partial charge in [-0.2, -0.15) is 0 Å². The Kier molecular flexibility index (Phi) is 3.90. The number of morpholine rings is 1. The van der Waals surface area contributed by atoms with Gasteiger partial charge < -0.3 is 19.2 Å². The zero-order valence-corrected chi connectivity index (χ0v) is 11.0. The van der Waals surface area contributed by atoms with E-state index in [1.165, 1.54) is 4.90 Å². The molecule has 6 nitrogen and oxygen atoms in total. The Morgan fingerprint density at radius 1 is 1.47 bits per heavy atom. The molecular formula is C13H17NO5. The fourth-order valence-corrected chi connectivity index (χ4v) is 2.28. The van der Waals surface area contributed by atoms with Crippen LogP contribution in [0.4, 0.5) is 0 Å². The number of hydrogen-bond acceptors (Lipinski definition) is 4. The summed E-state index contributed by atoms with van der Waals surface area (Å²) in [5.41, 5.74) is 0.767. The molecule has 1 aromatic rings. The Hall–Kier alpha value is -1.82. The summed E-state index contributed by atoms with van der Waals surface area (Å²) in [7, 11) is 0. The van der Waals surface area contributed by atoms with Gasteiger partial charge in [-0.15, -0.1) is 0 Å². The first kappa shape index (κ1) is 13.6. The summed E-state index contributed by atoms with van der Waals surface area (Å²) in [5, 5.41) is 8.88. The molecule has 0 saturated carbocycles. The van der Waals surface area contributed by atoms with Gasteiger partial charge in [-0.3, -0.25) is 9.59 Å². The van der Waals surface area contributed by atoms with Crippen molar-refractivity contribution in [3.63, 3.8) is 0 Å². The fraction of sp³-hybridized carbons (Fsp3) is 0.538. The van der Waals surface area contributed by atoms with Gasteiger partial charge in [0.2, 0.25) is 0 Å². The largest absolute Gasteiger partial charge is 0.481 e. The fourth-order valence-electron chi connectivity index (χ4n) is 2.28. The molecule has 1 saturated heterocycles. The van der Waals surface area contributed by atoms with Crippen LogP contribution in [0.25, 0.3) is 0 Å². The number of rotatable bonds is 3. The van der Waals surface area contributed by atoms with Gasteiger partial charge in [-0.25, -0.2) is 0 Å². The van der Waals surface area contributed by atoms with E-state index in [1.807, 2.05) is 0 Å². The number of aliphatic carboxylic acids is 1. The molecule has 0 aromatic carbocycles. The highest BCUT2D eigenvalue weighted by Gasteiger charge is 2.32. The van der Waals surface area contributed by atoms with Gasteiger partial charge in [-0.1, -0.05) is 0 Å². The Morgan fingerprint density at radius 3 is 2.79 bits per heavy atom. The summed E-state index contributed by atoms with van der Waals surface area (Å²) in [4.78, 5) is 24.8. The summed E-state index contributed by atoms with van der Waals surface area (Å²) >= 11 is 0. The predicted octanol–water partition coefficient (Wildman–Crippen LogP) is 1.21. The van der Waals surface area contributed by atoms with Crippen LogP contribution in [0.5, 0.6) is 0 Å². The van der Waals surface area contributed by atoms with Crippen LogP contribution in [0.1, 0.15) is 28.3 Å². The minimum atomic E-state index is -0.944. The third kappa shape index (κ3) is 2.96. The van der Waals surface area contributed by atoms with Crippen LogP contribution in [0.3, 0.4) is 0 Å². The first-order valence-electron chi connectivity index (χ1n) is 6.16. The molecule has 0 spiro atoms. The van der Waals surface area contributed by atoms with Crippen LogP contribution in [-0.2, 0) is 9.53 Å². The third-order valence-electron chi connectivity index (χ3n) is 3.13. The van der Waals surface area contributed by atoms with E-state index < -0.39 is 12.0 Å². The van der Waals surface area contributed by atoms with Gasteiger partial charge in [0.05, 0.1) is 25.7 Å². The molecule has 6 heteroatoms. The van der Waals surface area contributed by atoms with Crippen LogP contribution in [0, 0.1) is 13.8 Å². The Balaban J connectivity index is 2.19. The molecule has 0 radical (unpaired) electrons. The number of furan rings is 1. The number of ether oxygens (including phenoxy) is 1. The Morgan fingerprint density at radius 2 is 2.21 bits per heavy atom. The second-order valence-electron chi connectivity index (χ2n) is 4.69. The predicted molar refractivity (Wildman–Crippen MR) is 66.1 cm³/mol. The van der Waals surface area contributed by atoms with Crippen LogP contribution in [-0.4, -0.2) is 47.7 Å². The Labute approximate surface area is 110 Å². The third-order valence-corrected chi connectivity index (χ3v) is 3.13. The van der Waals surface area contributed by atoms with Gasteiger partial charge in [0.1, 0.15) is 5.76 Å². The zero-order valence-electron chi connectivity index (χ0n) is 11.0. The van der Waals surface area contributed by atoms with Crippen LogP contribution < -0.4 is 0 Å². The SMILES string of the molecule is Cc1cc(C)c(C(=O)N2CCOCC2CC(=O)O)o1. The van der Waals surface area contributed by atoms with E-state index in [1.54, 1.807) is 19.9 Å². The normalized spacial score (nSPS) is 19.5. The van der Waals surface area contributed by atoms with E-state index in [0.29, 0.717) is 18.9 Å². The number of nitrogens with zero attached hydrogens (tertiary/aromatic N) is 1. The molecule has 1 aromatic heterocycles. The van der Waals surface area contributed by atoms with Gasteiger partial charge >= 0.3 is 5.97 Å². The molecule has 2 rings (SSSR count).